The summed E-state index contributed by atoms with van der Waals surface area (Å²) in [6.07, 6.45) is 5.50. The van der Waals surface area contributed by atoms with Crippen LogP contribution in [0.15, 0.2) is 55.6 Å². The Kier molecular flexibility index (Phi) is 9.10. The summed E-state index contributed by atoms with van der Waals surface area (Å²) in [5.41, 5.74) is -1.87. The van der Waals surface area contributed by atoms with Gasteiger partial charge in [0.15, 0.2) is 0 Å². The van der Waals surface area contributed by atoms with Gasteiger partial charge in [-0.25, -0.2) is 0 Å². The number of nitrogens with zero attached hydrogens (tertiary/aromatic N) is 3. The first-order chi connectivity index (χ1) is 19.8. The lowest BCUT2D eigenvalue weighted by Gasteiger charge is -2.43. The van der Waals surface area contributed by atoms with Crippen molar-refractivity contribution in [2.75, 3.05) is 24.6 Å². The minimum atomic E-state index is -1.17. The van der Waals surface area contributed by atoms with E-state index in [0.29, 0.717) is 32.2 Å². The molecule has 1 spiro atoms. The van der Waals surface area contributed by atoms with E-state index in [1.165, 1.54) is 0 Å². The van der Waals surface area contributed by atoms with Crippen molar-refractivity contribution >= 4 is 23.4 Å². The van der Waals surface area contributed by atoms with Gasteiger partial charge in [-0.15, -0.1) is 13.2 Å². The number of ether oxygens (including phenoxy) is 1. The van der Waals surface area contributed by atoms with Crippen molar-refractivity contribution in [2.24, 2.45) is 17.8 Å². The maximum Gasteiger partial charge on any atom is 0.249 e. The Morgan fingerprint density at radius 2 is 1.76 bits per heavy atom. The molecular formula is C34H49N3O5. The van der Waals surface area contributed by atoms with E-state index in [0.717, 1.165) is 5.69 Å². The summed E-state index contributed by atoms with van der Waals surface area (Å²) in [5, 5.41) is 10.6. The van der Waals surface area contributed by atoms with E-state index in [1.807, 2.05) is 71.9 Å². The molecule has 8 nitrogen and oxygen atoms in total. The van der Waals surface area contributed by atoms with Gasteiger partial charge in [-0.2, -0.15) is 0 Å². The first-order valence-electron chi connectivity index (χ1n) is 15.4. The normalized spacial score (nSPS) is 29.0. The number of carbonyl (C=O) groups is 3. The van der Waals surface area contributed by atoms with Gasteiger partial charge in [0.2, 0.25) is 17.7 Å². The summed E-state index contributed by atoms with van der Waals surface area (Å²) in [6, 6.07) is 7.86. The van der Waals surface area contributed by atoms with Crippen LogP contribution >= 0.6 is 0 Å². The quantitative estimate of drug-likeness (QED) is 0.366. The number of hydrogen-bond donors (Lipinski definition) is 1. The number of likely N-dealkylation sites (tertiary alicyclic amines) is 1. The molecule has 0 aromatic heterocycles. The SMILES string of the molecule is C=CCN(C(=O)[C@H]1[C@H]2C(=O)N([C@@H](CO)CC(C)C)C(C(=O)N(CC=C)C(C)(C)C)C23CC[C@]1(CC)O3)c1ccccc1. The lowest BCUT2D eigenvalue weighted by atomic mass is 9.64. The van der Waals surface area contributed by atoms with Crippen molar-refractivity contribution in [3.05, 3.63) is 55.6 Å². The minimum Gasteiger partial charge on any atom is -0.394 e. The largest absolute Gasteiger partial charge is 0.394 e. The standard InChI is InChI=1S/C34H49N3O5/c1-9-19-35(24-15-13-12-14-16-24)29(39)26-27-30(40)37(25(22-38)21-23(4)5)28(31(41)36(20-10-2)32(6,7)8)34(27)18-17-33(26,11-3)42-34/h9-10,12-16,23,25-28,38H,1-2,11,17-22H2,3-8H3/t25-,26-,27+,28?,33+,34?/m1/s1. The van der Waals surface area contributed by atoms with Gasteiger partial charge in [0.1, 0.15) is 11.6 Å². The molecule has 2 unspecified atom stereocenters. The average Bonchev–Trinajstić information content (AvgIpc) is 3.56. The molecular weight excluding hydrogens is 530 g/mol. The summed E-state index contributed by atoms with van der Waals surface area (Å²) < 4.78 is 7.00. The highest BCUT2D eigenvalue weighted by Gasteiger charge is 2.79. The Morgan fingerprint density at radius 3 is 2.29 bits per heavy atom. The van der Waals surface area contributed by atoms with Crippen LogP contribution in [0.25, 0.3) is 0 Å². The highest BCUT2D eigenvalue weighted by Crippen LogP contribution is 2.65. The molecule has 3 aliphatic heterocycles. The topological polar surface area (TPSA) is 90.4 Å². The van der Waals surface area contributed by atoms with Crippen LogP contribution in [0, 0.1) is 17.8 Å². The second kappa shape index (κ2) is 12.0. The van der Waals surface area contributed by atoms with Crippen LogP contribution in [0.3, 0.4) is 0 Å². The molecule has 3 fully saturated rings. The second-order valence-electron chi connectivity index (χ2n) is 13.5. The van der Waals surface area contributed by atoms with Crippen LogP contribution in [0.5, 0.6) is 0 Å². The second-order valence-corrected chi connectivity index (χ2v) is 13.5. The van der Waals surface area contributed by atoms with Crippen LogP contribution in [0.1, 0.15) is 67.2 Å². The van der Waals surface area contributed by atoms with E-state index in [1.54, 1.807) is 26.9 Å². The summed E-state index contributed by atoms with van der Waals surface area (Å²) in [7, 11) is 0. The molecule has 3 amide bonds. The molecule has 0 radical (unpaired) electrons. The fourth-order valence-electron chi connectivity index (χ4n) is 7.72. The molecule has 3 aliphatic rings. The Labute approximate surface area is 251 Å². The Bertz CT molecular complexity index is 1190. The number of amides is 3. The zero-order chi connectivity index (χ0) is 31.0. The molecule has 3 saturated heterocycles. The molecule has 42 heavy (non-hydrogen) atoms. The maximum absolute atomic E-state index is 14.7. The summed E-state index contributed by atoms with van der Waals surface area (Å²) in [6.45, 7) is 20.0. The maximum atomic E-state index is 14.7. The van der Waals surface area contributed by atoms with Crippen molar-refractivity contribution in [1.82, 2.24) is 9.80 Å². The number of aliphatic hydroxyl groups is 1. The lowest BCUT2D eigenvalue weighted by Crippen LogP contribution is -2.61. The number of rotatable bonds is 12. The Morgan fingerprint density at radius 1 is 1.12 bits per heavy atom. The molecule has 1 aromatic rings. The number of benzene rings is 1. The highest BCUT2D eigenvalue weighted by atomic mass is 16.5. The molecule has 0 aliphatic carbocycles. The van der Waals surface area contributed by atoms with Gasteiger partial charge in [-0.1, -0.05) is 51.1 Å². The third-order valence-corrected chi connectivity index (χ3v) is 9.50. The smallest absolute Gasteiger partial charge is 0.249 e. The van der Waals surface area contributed by atoms with Crippen LogP contribution < -0.4 is 4.90 Å². The number of anilines is 1. The van der Waals surface area contributed by atoms with Gasteiger partial charge < -0.3 is 24.5 Å². The number of hydrogen-bond acceptors (Lipinski definition) is 5. The molecule has 6 atom stereocenters. The predicted octanol–water partition coefficient (Wildman–Crippen LogP) is 4.58. The van der Waals surface area contributed by atoms with E-state index >= 15 is 0 Å². The fraction of sp³-hybridized carbons (Fsp3) is 0.618. The minimum absolute atomic E-state index is 0.174. The van der Waals surface area contributed by atoms with Crippen LogP contribution in [0.2, 0.25) is 0 Å². The van der Waals surface area contributed by atoms with Crippen LogP contribution in [0.4, 0.5) is 5.69 Å². The summed E-state index contributed by atoms with van der Waals surface area (Å²) >= 11 is 0. The molecule has 1 N–H and O–H groups in total. The molecule has 230 valence electrons. The summed E-state index contributed by atoms with van der Waals surface area (Å²) in [4.78, 5) is 49.1. The predicted molar refractivity (Wildman–Crippen MR) is 165 cm³/mol. The van der Waals surface area contributed by atoms with Crippen molar-refractivity contribution < 1.29 is 24.2 Å². The third-order valence-electron chi connectivity index (χ3n) is 9.50. The lowest BCUT2D eigenvalue weighted by molar-refractivity contribution is -0.159. The number of aliphatic hydroxyl groups excluding tert-OH is 1. The number of fused-ring (bicyclic) bond motifs is 1. The van der Waals surface area contributed by atoms with E-state index in [2.05, 4.69) is 13.2 Å². The molecule has 3 heterocycles. The van der Waals surface area contributed by atoms with Crippen molar-refractivity contribution in [2.45, 2.75) is 96.1 Å². The molecule has 0 saturated carbocycles. The van der Waals surface area contributed by atoms with Crippen LogP contribution in [-0.2, 0) is 19.1 Å². The number of para-hydroxylation sites is 1. The highest BCUT2D eigenvalue weighted by molar-refractivity contribution is 6.03. The van der Waals surface area contributed by atoms with Crippen LogP contribution in [-0.4, -0.2) is 81.1 Å². The molecule has 8 heteroatoms. The number of carbonyl (C=O) groups excluding carboxylic acids is 3. The van der Waals surface area contributed by atoms with E-state index in [-0.39, 0.29) is 36.8 Å². The zero-order valence-corrected chi connectivity index (χ0v) is 26.2. The van der Waals surface area contributed by atoms with Gasteiger partial charge in [0.05, 0.1) is 30.1 Å². The van der Waals surface area contributed by atoms with Gasteiger partial charge in [0.25, 0.3) is 0 Å². The Hall–Kier alpha value is -2.97. The Balaban J connectivity index is 1.89. The van der Waals surface area contributed by atoms with Gasteiger partial charge in [-0.3, -0.25) is 14.4 Å². The molecule has 4 rings (SSSR count). The van der Waals surface area contributed by atoms with E-state index in [9.17, 15) is 19.5 Å². The summed E-state index contributed by atoms with van der Waals surface area (Å²) in [5.74, 6) is -2.14. The van der Waals surface area contributed by atoms with Gasteiger partial charge in [0, 0.05) is 24.3 Å². The first kappa shape index (κ1) is 32.0. The zero-order valence-electron chi connectivity index (χ0n) is 26.2. The first-order valence-corrected chi connectivity index (χ1v) is 15.4. The average molecular weight is 580 g/mol. The van der Waals surface area contributed by atoms with E-state index < -0.39 is 40.7 Å². The van der Waals surface area contributed by atoms with Gasteiger partial charge in [-0.05, 0) is 64.5 Å². The fourth-order valence-corrected chi connectivity index (χ4v) is 7.72. The molecule has 2 bridgehead atoms. The molecule has 1 aromatic carbocycles. The van der Waals surface area contributed by atoms with Crippen molar-refractivity contribution in [3.8, 4) is 0 Å². The van der Waals surface area contributed by atoms with E-state index in [4.69, 9.17) is 4.74 Å². The van der Waals surface area contributed by atoms with Crippen molar-refractivity contribution in [1.29, 1.82) is 0 Å². The monoisotopic (exact) mass is 579 g/mol. The third kappa shape index (κ3) is 5.11. The van der Waals surface area contributed by atoms with Gasteiger partial charge >= 0.3 is 0 Å². The van der Waals surface area contributed by atoms with Crippen molar-refractivity contribution in [3.63, 3.8) is 0 Å².